The highest BCUT2D eigenvalue weighted by Gasteiger charge is 2.58. The molecular formula is C23H24Cl2N2O2. The molecule has 0 radical (unpaired) electrons. The van der Waals surface area contributed by atoms with Gasteiger partial charge in [0.15, 0.2) is 0 Å². The normalized spacial score (nSPS) is 26.2. The van der Waals surface area contributed by atoms with Crippen molar-refractivity contribution in [2.45, 2.75) is 38.0 Å². The Morgan fingerprint density at radius 3 is 2.59 bits per heavy atom. The third-order valence-corrected chi connectivity index (χ3v) is 6.66. The fourth-order valence-corrected chi connectivity index (χ4v) is 5.49. The summed E-state index contributed by atoms with van der Waals surface area (Å²) in [5, 5.41) is 7.28. The van der Waals surface area contributed by atoms with Crippen molar-refractivity contribution in [2.75, 3.05) is 11.9 Å². The predicted molar refractivity (Wildman–Crippen MR) is 117 cm³/mol. The van der Waals surface area contributed by atoms with Crippen molar-refractivity contribution in [3.63, 3.8) is 0 Å². The lowest BCUT2D eigenvalue weighted by Crippen LogP contribution is -2.48. The second kappa shape index (κ2) is 7.66. The van der Waals surface area contributed by atoms with Crippen LogP contribution in [0.5, 0.6) is 0 Å². The zero-order chi connectivity index (χ0) is 20.8. The SMILES string of the molecule is CC(C)C[C@H]1CNC(=O)C[C@H](c2cccc(Cl)c2)[C@]12C(=O)Nc1cc(Cl)ccc12. The topological polar surface area (TPSA) is 58.2 Å². The highest BCUT2D eigenvalue weighted by Crippen LogP contribution is 2.55. The van der Waals surface area contributed by atoms with Crippen LogP contribution in [0.25, 0.3) is 0 Å². The van der Waals surface area contributed by atoms with E-state index >= 15 is 0 Å². The molecule has 1 spiro atoms. The predicted octanol–water partition coefficient (Wildman–Crippen LogP) is 5.15. The Balaban J connectivity index is 1.99. The van der Waals surface area contributed by atoms with Crippen LogP contribution in [0.4, 0.5) is 5.69 Å². The van der Waals surface area contributed by atoms with Gasteiger partial charge >= 0.3 is 0 Å². The zero-order valence-electron chi connectivity index (χ0n) is 16.5. The molecular weight excluding hydrogens is 407 g/mol. The molecule has 0 aromatic heterocycles. The van der Waals surface area contributed by atoms with Crippen LogP contribution in [-0.4, -0.2) is 18.4 Å². The first-order valence-electron chi connectivity index (χ1n) is 9.96. The zero-order valence-corrected chi connectivity index (χ0v) is 18.0. The van der Waals surface area contributed by atoms with E-state index < -0.39 is 5.41 Å². The number of halogens is 2. The van der Waals surface area contributed by atoms with E-state index in [1.165, 1.54) is 0 Å². The molecule has 6 heteroatoms. The number of nitrogens with one attached hydrogen (secondary N) is 2. The number of carbonyl (C=O) groups excluding carboxylic acids is 2. The number of hydrogen-bond donors (Lipinski definition) is 2. The van der Waals surface area contributed by atoms with Crippen LogP contribution in [0.3, 0.4) is 0 Å². The van der Waals surface area contributed by atoms with Crippen molar-refractivity contribution in [3.8, 4) is 0 Å². The maximum absolute atomic E-state index is 13.7. The van der Waals surface area contributed by atoms with E-state index in [-0.39, 0.29) is 30.1 Å². The van der Waals surface area contributed by atoms with Gasteiger partial charge < -0.3 is 10.6 Å². The van der Waals surface area contributed by atoms with Crippen LogP contribution >= 0.6 is 23.2 Å². The fraction of sp³-hybridized carbons (Fsp3) is 0.391. The molecule has 1 fully saturated rings. The van der Waals surface area contributed by atoms with E-state index in [9.17, 15) is 9.59 Å². The molecule has 0 saturated carbocycles. The van der Waals surface area contributed by atoms with Gasteiger partial charge in [0, 0.05) is 34.6 Å². The summed E-state index contributed by atoms with van der Waals surface area (Å²) < 4.78 is 0. The molecule has 2 aliphatic rings. The molecule has 2 heterocycles. The molecule has 4 rings (SSSR count). The number of rotatable bonds is 3. The van der Waals surface area contributed by atoms with Gasteiger partial charge in [-0.1, -0.05) is 55.2 Å². The summed E-state index contributed by atoms with van der Waals surface area (Å²) in [6, 6.07) is 13.1. The molecule has 4 nitrogen and oxygen atoms in total. The molecule has 3 atom stereocenters. The van der Waals surface area contributed by atoms with Crippen LogP contribution in [0.1, 0.15) is 43.7 Å². The van der Waals surface area contributed by atoms with Gasteiger partial charge in [-0.25, -0.2) is 0 Å². The van der Waals surface area contributed by atoms with Gasteiger partial charge in [0.25, 0.3) is 0 Å². The van der Waals surface area contributed by atoms with Gasteiger partial charge in [0.05, 0.1) is 5.41 Å². The average molecular weight is 431 g/mol. The van der Waals surface area contributed by atoms with E-state index in [2.05, 4.69) is 24.5 Å². The third-order valence-electron chi connectivity index (χ3n) is 6.19. The Morgan fingerprint density at radius 1 is 1.10 bits per heavy atom. The van der Waals surface area contributed by atoms with Gasteiger partial charge in [-0.05, 0) is 53.6 Å². The number of amides is 2. The van der Waals surface area contributed by atoms with Crippen molar-refractivity contribution in [3.05, 3.63) is 63.6 Å². The highest BCUT2D eigenvalue weighted by atomic mass is 35.5. The Morgan fingerprint density at radius 2 is 1.86 bits per heavy atom. The lowest BCUT2D eigenvalue weighted by Gasteiger charge is -2.41. The lowest BCUT2D eigenvalue weighted by molar-refractivity contribution is -0.124. The van der Waals surface area contributed by atoms with E-state index in [0.29, 0.717) is 22.5 Å². The van der Waals surface area contributed by atoms with Crippen molar-refractivity contribution < 1.29 is 9.59 Å². The smallest absolute Gasteiger partial charge is 0.236 e. The van der Waals surface area contributed by atoms with Crippen LogP contribution < -0.4 is 10.6 Å². The first-order chi connectivity index (χ1) is 13.8. The van der Waals surface area contributed by atoms with Crippen LogP contribution in [0.2, 0.25) is 10.0 Å². The number of anilines is 1. The molecule has 0 aliphatic carbocycles. The minimum absolute atomic E-state index is 0.0455. The summed E-state index contributed by atoms with van der Waals surface area (Å²) in [5.74, 6) is -0.121. The number of fused-ring (bicyclic) bond motifs is 2. The van der Waals surface area contributed by atoms with Gasteiger partial charge in [-0.2, -0.15) is 0 Å². The maximum atomic E-state index is 13.7. The summed E-state index contributed by atoms with van der Waals surface area (Å²) in [6.45, 7) is 4.75. The van der Waals surface area contributed by atoms with Crippen molar-refractivity contribution in [1.82, 2.24) is 5.32 Å². The van der Waals surface area contributed by atoms with Crippen LogP contribution in [0.15, 0.2) is 42.5 Å². The minimum atomic E-state index is -0.867. The monoisotopic (exact) mass is 430 g/mol. The quantitative estimate of drug-likeness (QED) is 0.706. The largest absolute Gasteiger partial charge is 0.356 e. The molecule has 2 aromatic rings. The van der Waals surface area contributed by atoms with Crippen molar-refractivity contribution in [1.29, 1.82) is 0 Å². The number of hydrogen-bond acceptors (Lipinski definition) is 2. The van der Waals surface area contributed by atoms with Gasteiger partial charge in [0.2, 0.25) is 11.8 Å². The summed E-state index contributed by atoms with van der Waals surface area (Å²) in [7, 11) is 0. The summed E-state index contributed by atoms with van der Waals surface area (Å²) in [4.78, 5) is 26.4. The first-order valence-corrected chi connectivity index (χ1v) is 10.7. The lowest BCUT2D eigenvalue weighted by atomic mass is 9.59. The summed E-state index contributed by atoms with van der Waals surface area (Å²) >= 11 is 12.5. The Hall–Kier alpha value is -2.04. The molecule has 152 valence electrons. The third kappa shape index (κ3) is 3.43. The number of benzene rings is 2. The molecule has 2 amide bonds. The Bertz CT molecular complexity index is 975. The minimum Gasteiger partial charge on any atom is -0.356 e. The molecule has 2 aliphatic heterocycles. The van der Waals surface area contributed by atoms with E-state index in [1.807, 2.05) is 36.4 Å². The number of carbonyl (C=O) groups is 2. The Labute approximate surface area is 181 Å². The Kier molecular flexibility index (Phi) is 5.34. The first kappa shape index (κ1) is 20.2. The van der Waals surface area contributed by atoms with Gasteiger partial charge in [-0.15, -0.1) is 0 Å². The maximum Gasteiger partial charge on any atom is 0.236 e. The molecule has 0 bridgehead atoms. The molecule has 29 heavy (non-hydrogen) atoms. The second-order valence-electron chi connectivity index (χ2n) is 8.46. The fourth-order valence-electron chi connectivity index (χ4n) is 5.12. The highest BCUT2D eigenvalue weighted by molar-refractivity contribution is 6.31. The molecule has 0 unspecified atom stereocenters. The summed E-state index contributed by atoms with van der Waals surface area (Å²) in [6.07, 6.45) is 1.04. The van der Waals surface area contributed by atoms with E-state index in [1.54, 1.807) is 6.07 Å². The summed E-state index contributed by atoms with van der Waals surface area (Å²) in [5.41, 5.74) is 1.69. The molecule has 1 saturated heterocycles. The van der Waals surface area contributed by atoms with Crippen molar-refractivity contribution >= 4 is 40.7 Å². The standard InChI is InChI=1S/C23H24Cl2N2O2/c1-13(2)8-15-12-26-21(28)11-19(14-4-3-5-16(24)9-14)23(15)18-7-6-17(25)10-20(18)27-22(23)29/h3-7,9-10,13,15,19H,8,11-12H2,1-2H3,(H,26,28)(H,27,29)/t15-,19+,23-/m0/s1. The van der Waals surface area contributed by atoms with E-state index in [0.717, 1.165) is 23.2 Å². The second-order valence-corrected chi connectivity index (χ2v) is 9.33. The van der Waals surface area contributed by atoms with Crippen molar-refractivity contribution in [2.24, 2.45) is 11.8 Å². The van der Waals surface area contributed by atoms with Gasteiger partial charge in [0.1, 0.15) is 0 Å². The average Bonchev–Trinajstić information content (AvgIpc) is 2.85. The molecule has 2 aromatic carbocycles. The van der Waals surface area contributed by atoms with Gasteiger partial charge in [-0.3, -0.25) is 9.59 Å². The molecule has 2 N–H and O–H groups in total. The van der Waals surface area contributed by atoms with E-state index in [4.69, 9.17) is 23.2 Å². The van der Waals surface area contributed by atoms with Crippen LogP contribution in [-0.2, 0) is 15.0 Å². The van der Waals surface area contributed by atoms with Crippen LogP contribution in [0, 0.1) is 11.8 Å².